The maximum absolute atomic E-state index is 12.1. The number of halogens is 1. The van der Waals surface area contributed by atoms with E-state index in [0.29, 0.717) is 23.7 Å². The van der Waals surface area contributed by atoms with Gasteiger partial charge in [0, 0.05) is 29.2 Å². The van der Waals surface area contributed by atoms with Crippen molar-refractivity contribution in [3.05, 3.63) is 81.9 Å². The summed E-state index contributed by atoms with van der Waals surface area (Å²) in [5.41, 5.74) is 3.31. The van der Waals surface area contributed by atoms with Crippen LogP contribution < -0.4 is 14.8 Å². The molecule has 2 aromatic rings. The number of carbonyl (C=O) groups is 1. The fourth-order valence-electron chi connectivity index (χ4n) is 3.07. The summed E-state index contributed by atoms with van der Waals surface area (Å²) in [4.78, 5) is 12.1. The molecule has 0 aliphatic carbocycles. The topological polar surface area (TPSA) is 84.5 Å². The number of benzene rings is 2. The second-order valence-corrected chi connectivity index (χ2v) is 9.78. The summed E-state index contributed by atoms with van der Waals surface area (Å²) < 4.78 is 32.2. The number of nitrogens with one attached hydrogen (secondary N) is 2. The monoisotopic (exact) mass is 460 g/mol. The summed E-state index contributed by atoms with van der Waals surface area (Å²) in [6.45, 7) is 4.29. The Balaban J connectivity index is 1.52. The molecule has 0 fully saturated rings. The molecule has 0 atom stereocenters. The smallest absolute Gasteiger partial charge is 0.244 e. The SMILES string of the molecule is CC(C)NS(=O)(=O)Cc1ccc(CNC(=O)/C=C/C2=Cc3cc(Cl)ccc3OC2)cc1. The lowest BCUT2D eigenvalue weighted by Crippen LogP contribution is -2.31. The molecule has 0 saturated heterocycles. The zero-order valence-electron chi connectivity index (χ0n) is 17.4. The van der Waals surface area contributed by atoms with E-state index in [-0.39, 0.29) is 17.7 Å². The fraction of sp³-hybridized carbons (Fsp3) is 0.261. The van der Waals surface area contributed by atoms with Gasteiger partial charge in [0.05, 0.1) is 5.75 Å². The summed E-state index contributed by atoms with van der Waals surface area (Å²) in [7, 11) is -3.36. The number of ether oxygens (including phenoxy) is 1. The third kappa shape index (κ3) is 7.24. The second-order valence-electron chi connectivity index (χ2n) is 7.59. The van der Waals surface area contributed by atoms with Gasteiger partial charge >= 0.3 is 0 Å². The summed E-state index contributed by atoms with van der Waals surface area (Å²) in [6.07, 6.45) is 5.12. The van der Waals surface area contributed by atoms with Gasteiger partial charge in [-0.3, -0.25) is 4.79 Å². The number of carbonyl (C=O) groups excluding carboxylic acids is 1. The predicted octanol–water partition coefficient (Wildman–Crippen LogP) is 3.82. The van der Waals surface area contributed by atoms with E-state index in [1.54, 1.807) is 38.1 Å². The first kappa shape index (κ1) is 23.1. The summed E-state index contributed by atoms with van der Waals surface area (Å²) in [5.74, 6) is 0.458. The van der Waals surface area contributed by atoms with Gasteiger partial charge in [-0.1, -0.05) is 41.9 Å². The van der Waals surface area contributed by atoms with E-state index in [0.717, 1.165) is 22.4 Å². The highest BCUT2D eigenvalue weighted by Crippen LogP contribution is 2.29. The highest BCUT2D eigenvalue weighted by molar-refractivity contribution is 7.88. The highest BCUT2D eigenvalue weighted by atomic mass is 35.5. The van der Waals surface area contributed by atoms with Gasteiger partial charge in [-0.2, -0.15) is 0 Å². The van der Waals surface area contributed by atoms with Crippen LogP contribution in [0.25, 0.3) is 6.08 Å². The lowest BCUT2D eigenvalue weighted by Gasteiger charge is -2.16. The second kappa shape index (κ2) is 10.1. The standard InChI is InChI=1S/C23H25ClN2O4S/c1-16(2)26-31(28,29)15-18-5-3-17(4-6-18)13-25-23(27)10-7-19-11-20-12-21(24)8-9-22(20)30-14-19/h3-12,16,26H,13-15H2,1-2H3,(H,25,27)/b10-7+. The van der Waals surface area contributed by atoms with Crippen molar-refractivity contribution >= 4 is 33.6 Å². The molecule has 1 heterocycles. The van der Waals surface area contributed by atoms with Crippen LogP contribution in [0.2, 0.25) is 5.02 Å². The quantitative estimate of drug-likeness (QED) is 0.586. The zero-order valence-corrected chi connectivity index (χ0v) is 19.0. The van der Waals surface area contributed by atoms with Crippen molar-refractivity contribution in [1.82, 2.24) is 10.0 Å². The van der Waals surface area contributed by atoms with E-state index in [2.05, 4.69) is 10.0 Å². The Morgan fingerprint density at radius 2 is 1.87 bits per heavy atom. The molecular formula is C23H25ClN2O4S. The predicted molar refractivity (Wildman–Crippen MR) is 123 cm³/mol. The van der Waals surface area contributed by atoms with Gasteiger partial charge in [-0.15, -0.1) is 0 Å². The molecule has 164 valence electrons. The molecule has 2 aromatic carbocycles. The largest absolute Gasteiger partial charge is 0.488 e. The molecular weight excluding hydrogens is 436 g/mol. The minimum atomic E-state index is -3.36. The highest BCUT2D eigenvalue weighted by Gasteiger charge is 2.13. The van der Waals surface area contributed by atoms with E-state index in [9.17, 15) is 13.2 Å². The Morgan fingerprint density at radius 3 is 2.58 bits per heavy atom. The lowest BCUT2D eigenvalue weighted by atomic mass is 10.1. The van der Waals surface area contributed by atoms with Crippen molar-refractivity contribution in [2.45, 2.75) is 32.2 Å². The Morgan fingerprint density at radius 1 is 1.16 bits per heavy atom. The normalized spacial score (nSPS) is 13.6. The van der Waals surface area contributed by atoms with Gasteiger partial charge in [-0.25, -0.2) is 13.1 Å². The number of hydrogen-bond donors (Lipinski definition) is 2. The van der Waals surface area contributed by atoms with Crippen molar-refractivity contribution in [2.24, 2.45) is 0 Å². The first-order valence-electron chi connectivity index (χ1n) is 9.87. The van der Waals surface area contributed by atoms with Crippen LogP contribution in [0.5, 0.6) is 5.75 Å². The van der Waals surface area contributed by atoms with Gasteiger partial charge in [0.25, 0.3) is 0 Å². The summed E-state index contributed by atoms with van der Waals surface area (Å²) in [6, 6.07) is 12.4. The van der Waals surface area contributed by atoms with Crippen molar-refractivity contribution in [3.63, 3.8) is 0 Å². The Labute approximate surface area is 188 Å². The minimum absolute atomic E-state index is 0.0773. The Bertz CT molecular complexity index is 1110. The van der Waals surface area contributed by atoms with E-state index in [1.807, 2.05) is 30.3 Å². The zero-order chi connectivity index (χ0) is 22.4. The number of fused-ring (bicyclic) bond motifs is 1. The van der Waals surface area contributed by atoms with Crippen LogP contribution in [0, 0.1) is 0 Å². The first-order chi connectivity index (χ1) is 14.7. The molecule has 1 aliphatic rings. The lowest BCUT2D eigenvalue weighted by molar-refractivity contribution is -0.116. The maximum Gasteiger partial charge on any atom is 0.244 e. The summed E-state index contributed by atoms with van der Waals surface area (Å²) >= 11 is 6.01. The number of hydrogen-bond acceptors (Lipinski definition) is 4. The van der Waals surface area contributed by atoms with E-state index in [4.69, 9.17) is 16.3 Å². The maximum atomic E-state index is 12.1. The number of sulfonamides is 1. The minimum Gasteiger partial charge on any atom is -0.488 e. The molecule has 31 heavy (non-hydrogen) atoms. The van der Waals surface area contributed by atoms with Crippen LogP contribution in [-0.2, 0) is 27.1 Å². The van der Waals surface area contributed by atoms with Crippen LogP contribution in [0.3, 0.4) is 0 Å². The van der Waals surface area contributed by atoms with Gasteiger partial charge in [-0.05, 0) is 54.8 Å². The number of amides is 1. The average Bonchev–Trinajstić information content (AvgIpc) is 2.70. The third-order valence-corrected chi connectivity index (χ3v) is 6.20. The fourth-order valence-corrected chi connectivity index (χ4v) is 4.68. The van der Waals surface area contributed by atoms with Crippen LogP contribution in [0.1, 0.15) is 30.5 Å². The molecule has 3 rings (SSSR count). The average molecular weight is 461 g/mol. The van der Waals surface area contributed by atoms with Gasteiger partial charge in [0.15, 0.2) is 0 Å². The first-order valence-corrected chi connectivity index (χ1v) is 11.9. The van der Waals surface area contributed by atoms with Crippen LogP contribution in [0.4, 0.5) is 0 Å². The molecule has 0 aromatic heterocycles. The third-order valence-electron chi connectivity index (χ3n) is 4.42. The molecule has 0 spiro atoms. The van der Waals surface area contributed by atoms with E-state index >= 15 is 0 Å². The van der Waals surface area contributed by atoms with Gasteiger partial charge in [0.2, 0.25) is 15.9 Å². The molecule has 2 N–H and O–H groups in total. The Hall–Kier alpha value is -2.61. The molecule has 0 bridgehead atoms. The van der Waals surface area contributed by atoms with Crippen LogP contribution in [0.15, 0.2) is 60.2 Å². The van der Waals surface area contributed by atoms with E-state index in [1.165, 1.54) is 6.08 Å². The number of rotatable bonds is 8. The molecule has 1 aliphatic heterocycles. The molecule has 1 amide bonds. The van der Waals surface area contributed by atoms with Gasteiger partial charge < -0.3 is 10.1 Å². The molecule has 8 heteroatoms. The van der Waals surface area contributed by atoms with Gasteiger partial charge in [0.1, 0.15) is 12.4 Å². The molecule has 0 unspecified atom stereocenters. The molecule has 0 saturated carbocycles. The summed E-state index contributed by atoms with van der Waals surface area (Å²) in [5, 5.41) is 3.44. The Kier molecular flexibility index (Phi) is 7.54. The van der Waals surface area contributed by atoms with E-state index < -0.39 is 10.0 Å². The van der Waals surface area contributed by atoms with Crippen molar-refractivity contribution in [2.75, 3.05) is 6.61 Å². The molecule has 6 nitrogen and oxygen atoms in total. The van der Waals surface area contributed by atoms with Crippen LogP contribution >= 0.6 is 11.6 Å². The molecule has 0 radical (unpaired) electrons. The van der Waals surface area contributed by atoms with Crippen molar-refractivity contribution in [1.29, 1.82) is 0 Å². The van der Waals surface area contributed by atoms with Crippen LogP contribution in [-0.4, -0.2) is 27.0 Å². The van der Waals surface area contributed by atoms with Crippen molar-refractivity contribution in [3.8, 4) is 5.75 Å². The van der Waals surface area contributed by atoms with Crippen molar-refractivity contribution < 1.29 is 17.9 Å².